The van der Waals surface area contributed by atoms with Gasteiger partial charge < -0.3 is 10.2 Å². The van der Waals surface area contributed by atoms with Gasteiger partial charge in [-0.1, -0.05) is 42.5 Å². The second-order valence-electron chi connectivity index (χ2n) is 8.19. The van der Waals surface area contributed by atoms with Crippen molar-refractivity contribution in [2.45, 2.75) is 31.3 Å². The van der Waals surface area contributed by atoms with Crippen LogP contribution in [0, 0.1) is 0 Å². The SMILES string of the molecule is CN1C[C@H]2C[C@@H]1CN2c1nc2ccccc2n1C(=O)NCCCc1ccccc1. The van der Waals surface area contributed by atoms with Gasteiger partial charge in [0.25, 0.3) is 0 Å². The number of likely N-dealkylation sites (tertiary alicyclic amines) is 1. The molecule has 1 aromatic heterocycles. The number of amides is 1. The van der Waals surface area contributed by atoms with Gasteiger partial charge in [0.15, 0.2) is 0 Å². The lowest BCUT2D eigenvalue weighted by Gasteiger charge is -2.32. The van der Waals surface area contributed by atoms with Crippen molar-refractivity contribution in [3.8, 4) is 0 Å². The number of piperazine rings is 1. The smallest absolute Gasteiger partial charge is 0.328 e. The number of aryl methyl sites for hydroxylation is 1. The molecule has 1 N–H and O–H groups in total. The first kappa shape index (κ1) is 18.2. The van der Waals surface area contributed by atoms with Gasteiger partial charge >= 0.3 is 6.03 Å². The van der Waals surface area contributed by atoms with Crippen LogP contribution in [0.4, 0.5) is 10.7 Å². The highest BCUT2D eigenvalue weighted by molar-refractivity contribution is 5.93. The Morgan fingerprint density at radius 1 is 1.07 bits per heavy atom. The third kappa shape index (κ3) is 3.38. The summed E-state index contributed by atoms with van der Waals surface area (Å²) in [5.74, 6) is 0.785. The van der Waals surface area contributed by atoms with Crippen LogP contribution in [0.2, 0.25) is 0 Å². The number of hydrogen-bond acceptors (Lipinski definition) is 4. The molecule has 0 spiro atoms. The number of para-hydroxylation sites is 2. The first-order valence-corrected chi connectivity index (χ1v) is 10.5. The number of fused-ring (bicyclic) bond motifs is 3. The molecule has 3 heterocycles. The number of carbonyl (C=O) groups excluding carboxylic acids is 1. The van der Waals surface area contributed by atoms with Crippen molar-refractivity contribution in [2.75, 3.05) is 31.6 Å². The van der Waals surface area contributed by atoms with Crippen molar-refractivity contribution in [3.05, 3.63) is 60.2 Å². The fraction of sp³-hybridized carbons (Fsp3) is 0.391. The van der Waals surface area contributed by atoms with Crippen LogP contribution in [0.1, 0.15) is 18.4 Å². The van der Waals surface area contributed by atoms with Gasteiger partial charge in [0.1, 0.15) is 0 Å². The van der Waals surface area contributed by atoms with Crippen LogP contribution in [0.25, 0.3) is 11.0 Å². The van der Waals surface area contributed by atoms with Gasteiger partial charge in [0.05, 0.1) is 11.0 Å². The molecule has 150 valence electrons. The standard InChI is InChI=1S/C23H27N5O/c1-26-15-19-14-18(26)16-27(19)22-25-20-11-5-6-12-21(20)28(22)23(29)24-13-7-10-17-8-3-2-4-9-17/h2-6,8-9,11-12,18-19H,7,10,13-16H2,1H3,(H,24,29)/t18-,19-/m1/s1. The van der Waals surface area contributed by atoms with E-state index in [1.807, 2.05) is 30.3 Å². The van der Waals surface area contributed by atoms with E-state index in [9.17, 15) is 4.79 Å². The highest BCUT2D eigenvalue weighted by atomic mass is 16.2. The summed E-state index contributed by atoms with van der Waals surface area (Å²) in [5.41, 5.74) is 3.05. The van der Waals surface area contributed by atoms with E-state index in [0.29, 0.717) is 18.6 Å². The first-order chi connectivity index (χ1) is 14.2. The average Bonchev–Trinajstić information content (AvgIpc) is 3.43. The Labute approximate surface area is 171 Å². The Kier molecular flexibility index (Phi) is 4.72. The Balaban J connectivity index is 1.34. The highest BCUT2D eigenvalue weighted by Gasteiger charge is 2.43. The molecule has 6 nitrogen and oxygen atoms in total. The van der Waals surface area contributed by atoms with Gasteiger partial charge in [0.2, 0.25) is 5.95 Å². The molecule has 1 amide bonds. The molecule has 0 radical (unpaired) electrons. The van der Waals surface area contributed by atoms with Crippen molar-refractivity contribution in [1.82, 2.24) is 19.8 Å². The summed E-state index contributed by atoms with van der Waals surface area (Å²) in [4.78, 5) is 22.7. The van der Waals surface area contributed by atoms with E-state index in [1.165, 1.54) is 5.56 Å². The molecule has 2 aromatic carbocycles. The molecule has 2 fully saturated rings. The largest absolute Gasteiger partial charge is 0.337 e. The summed E-state index contributed by atoms with van der Waals surface area (Å²) in [7, 11) is 2.18. The fourth-order valence-electron chi connectivity index (χ4n) is 4.73. The van der Waals surface area contributed by atoms with E-state index in [0.717, 1.165) is 49.3 Å². The molecule has 2 aliphatic rings. The zero-order valence-electron chi connectivity index (χ0n) is 16.8. The van der Waals surface area contributed by atoms with Gasteiger partial charge in [-0.15, -0.1) is 0 Å². The molecular formula is C23H27N5O. The number of nitrogens with zero attached hydrogens (tertiary/aromatic N) is 4. The monoisotopic (exact) mass is 389 g/mol. The van der Waals surface area contributed by atoms with Crippen LogP contribution >= 0.6 is 0 Å². The molecule has 2 saturated heterocycles. The van der Waals surface area contributed by atoms with Crippen LogP contribution in [0.5, 0.6) is 0 Å². The van der Waals surface area contributed by atoms with Gasteiger partial charge in [0, 0.05) is 31.7 Å². The number of nitrogens with one attached hydrogen (secondary N) is 1. The van der Waals surface area contributed by atoms with Crippen LogP contribution in [-0.4, -0.2) is 59.2 Å². The number of hydrogen-bond donors (Lipinski definition) is 1. The molecule has 0 aliphatic carbocycles. The van der Waals surface area contributed by atoms with E-state index < -0.39 is 0 Å². The molecule has 0 saturated carbocycles. The Hall–Kier alpha value is -2.86. The highest BCUT2D eigenvalue weighted by Crippen LogP contribution is 2.34. The van der Waals surface area contributed by atoms with Gasteiger partial charge in [-0.3, -0.25) is 4.90 Å². The number of likely N-dealkylation sites (N-methyl/N-ethyl adjacent to an activating group) is 1. The van der Waals surface area contributed by atoms with E-state index in [-0.39, 0.29) is 6.03 Å². The van der Waals surface area contributed by atoms with Crippen molar-refractivity contribution in [1.29, 1.82) is 0 Å². The lowest BCUT2D eigenvalue weighted by molar-refractivity contribution is 0.242. The van der Waals surface area contributed by atoms with Crippen LogP contribution < -0.4 is 10.2 Å². The predicted octanol–water partition coefficient (Wildman–Crippen LogP) is 3.12. The zero-order valence-corrected chi connectivity index (χ0v) is 16.8. The maximum Gasteiger partial charge on any atom is 0.328 e. The normalized spacial score (nSPS) is 21.2. The number of imidazole rings is 1. The number of carbonyl (C=O) groups is 1. The second-order valence-corrected chi connectivity index (χ2v) is 8.19. The van der Waals surface area contributed by atoms with Gasteiger partial charge in [-0.25, -0.2) is 14.3 Å². The van der Waals surface area contributed by atoms with E-state index in [4.69, 9.17) is 4.98 Å². The van der Waals surface area contributed by atoms with Gasteiger partial charge in [-0.05, 0) is 44.0 Å². The van der Waals surface area contributed by atoms with Crippen molar-refractivity contribution in [2.24, 2.45) is 0 Å². The zero-order chi connectivity index (χ0) is 19.8. The molecule has 2 atom stereocenters. The van der Waals surface area contributed by atoms with Crippen molar-refractivity contribution in [3.63, 3.8) is 0 Å². The third-order valence-corrected chi connectivity index (χ3v) is 6.28. The summed E-state index contributed by atoms with van der Waals surface area (Å²) in [5, 5.41) is 3.11. The molecule has 2 bridgehead atoms. The fourth-order valence-corrected chi connectivity index (χ4v) is 4.73. The van der Waals surface area contributed by atoms with E-state index in [2.05, 4.69) is 46.4 Å². The molecule has 6 heteroatoms. The minimum atomic E-state index is -0.0853. The van der Waals surface area contributed by atoms with Crippen LogP contribution in [-0.2, 0) is 6.42 Å². The minimum absolute atomic E-state index is 0.0853. The topological polar surface area (TPSA) is 53.4 Å². The quantitative estimate of drug-likeness (QED) is 0.682. The molecule has 2 aliphatic heterocycles. The van der Waals surface area contributed by atoms with Crippen LogP contribution in [0.3, 0.4) is 0 Å². The summed E-state index contributed by atoms with van der Waals surface area (Å²) < 4.78 is 1.78. The number of benzene rings is 2. The number of anilines is 1. The summed E-state index contributed by atoms with van der Waals surface area (Å²) in [6.07, 6.45) is 3.02. The Bertz CT molecular complexity index is 1010. The minimum Gasteiger partial charge on any atom is -0.337 e. The summed E-state index contributed by atoms with van der Waals surface area (Å²) in [6, 6.07) is 19.2. The van der Waals surface area contributed by atoms with Crippen molar-refractivity contribution >= 4 is 23.0 Å². The summed E-state index contributed by atoms with van der Waals surface area (Å²) in [6.45, 7) is 2.62. The Morgan fingerprint density at radius 2 is 1.86 bits per heavy atom. The molecular weight excluding hydrogens is 362 g/mol. The average molecular weight is 390 g/mol. The number of aromatic nitrogens is 2. The summed E-state index contributed by atoms with van der Waals surface area (Å²) >= 11 is 0. The molecule has 3 aromatic rings. The maximum atomic E-state index is 13.2. The first-order valence-electron chi connectivity index (χ1n) is 10.5. The molecule has 0 unspecified atom stereocenters. The maximum absolute atomic E-state index is 13.2. The van der Waals surface area contributed by atoms with E-state index in [1.54, 1.807) is 4.57 Å². The lowest BCUT2D eigenvalue weighted by Crippen LogP contribution is -2.46. The van der Waals surface area contributed by atoms with E-state index >= 15 is 0 Å². The molecule has 29 heavy (non-hydrogen) atoms. The molecule has 5 rings (SSSR count). The number of rotatable bonds is 5. The van der Waals surface area contributed by atoms with Crippen molar-refractivity contribution < 1.29 is 4.79 Å². The van der Waals surface area contributed by atoms with Gasteiger partial charge in [-0.2, -0.15) is 0 Å². The van der Waals surface area contributed by atoms with Crippen LogP contribution in [0.15, 0.2) is 54.6 Å². The predicted molar refractivity (Wildman–Crippen MR) is 115 cm³/mol. The second kappa shape index (κ2) is 7.52. The third-order valence-electron chi connectivity index (χ3n) is 6.28. The lowest BCUT2D eigenvalue weighted by atomic mass is 10.1. The Morgan fingerprint density at radius 3 is 2.62 bits per heavy atom.